The normalized spacial score (nSPS) is 16.9. The lowest BCUT2D eigenvalue weighted by molar-refractivity contribution is -0.384. The van der Waals surface area contributed by atoms with Crippen molar-refractivity contribution < 1.29 is 29.3 Å². The van der Waals surface area contributed by atoms with Gasteiger partial charge in [0.2, 0.25) is 5.78 Å². The molecule has 1 N–H and O–H groups in total. The lowest BCUT2D eigenvalue weighted by Gasteiger charge is -2.27. The number of nitrogens with zero attached hydrogens (tertiary/aromatic N) is 2. The molecule has 37 heavy (non-hydrogen) atoms. The van der Waals surface area contributed by atoms with E-state index in [2.05, 4.69) is 4.98 Å². The molecule has 4 rings (SSSR count). The van der Waals surface area contributed by atoms with Gasteiger partial charge in [0.25, 0.3) is 11.6 Å². The first-order valence-electron chi connectivity index (χ1n) is 11.9. The van der Waals surface area contributed by atoms with E-state index in [1.54, 1.807) is 42.7 Å². The maximum Gasteiger partial charge on any atom is 0.295 e. The Kier molecular flexibility index (Phi) is 7.33. The van der Waals surface area contributed by atoms with Crippen molar-refractivity contribution in [1.82, 2.24) is 4.90 Å². The van der Waals surface area contributed by atoms with Crippen molar-refractivity contribution in [2.45, 2.75) is 33.4 Å². The Morgan fingerprint density at radius 2 is 1.86 bits per heavy atom. The highest BCUT2D eigenvalue weighted by molar-refractivity contribution is 6.46. The lowest BCUT2D eigenvalue weighted by Crippen LogP contribution is -2.29. The third-order valence-electron chi connectivity index (χ3n) is 6.08. The maximum absolute atomic E-state index is 13.7. The molecule has 0 radical (unpaired) electrons. The number of aryl methyl sites for hydroxylation is 1. The molecule has 3 aromatic rings. The first kappa shape index (κ1) is 25.6. The largest absolute Gasteiger partial charge is 0.872 e. The van der Waals surface area contributed by atoms with Crippen LogP contribution in [0, 0.1) is 23.0 Å². The quantitative estimate of drug-likeness (QED) is 0.153. The van der Waals surface area contributed by atoms with Crippen LogP contribution in [0.3, 0.4) is 0 Å². The molecule has 1 aromatic heterocycles. The smallest absolute Gasteiger partial charge is 0.295 e. The highest BCUT2D eigenvalue weighted by Gasteiger charge is 2.44. The molecule has 9 nitrogen and oxygen atoms in total. The van der Waals surface area contributed by atoms with Crippen LogP contribution in [0.25, 0.3) is 5.76 Å². The molecule has 1 aliphatic heterocycles. The number of nitrogens with one attached hydrogen (secondary N) is 1. The fourth-order valence-electron chi connectivity index (χ4n) is 4.25. The van der Waals surface area contributed by atoms with Crippen LogP contribution in [-0.4, -0.2) is 28.1 Å². The van der Waals surface area contributed by atoms with Crippen LogP contribution in [-0.2, 0) is 16.1 Å². The van der Waals surface area contributed by atoms with Gasteiger partial charge in [-0.1, -0.05) is 25.7 Å². The van der Waals surface area contributed by atoms with Gasteiger partial charge in [0.05, 0.1) is 24.1 Å². The number of ether oxygens (including phenoxy) is 1. The second-order valence-electron chi connectivity index (χ2n) is 9.35. The van der Waals surface area contributed by atoms with Crippen molar-refractivity contribution in [1.29, 1.82) is 0 Å². The number of ketones is 1. The number of hydrogen-bond donors (Lipinski definition) is 0. The number of nitro groups is 1. The molecule has 2 heterocycles. The Hall–Kier alpha value is -4.53. The second-order valence-corrected chi connectivity index (χ2v) is 9.35. The number of hydrogen-bond acceptors (Lipinski definition) is 6. The van der Waals surface area contributed by atoms with E-state index in [1.165, 1.54) is 29.2 Å². The van der Waals surface area contributed by atoms with Crippen molar-refractivity contribution in [2.24, 2.45) is 5.92 Å². The summed E-state index contributed by atoms with van der Waals surface area (Å²) in [5.74, 6) is -1.29. The lowest BCUT2D eigenvalue weighted by atomic mass is 9.94. The van der Waals surface area contributed by atoms with Crippen molar-refractivity contribution in [2.75, 3.05) is 6.61 Å². The summed E-state index contributed by atoms with van der Waals surface area (Å²) in [4.78, 5) is 41.3. The van der Waals surface area contributed by atoms with E-state index in [1.807, 2.05) is 20.8 Å². The topological polar surface area (TPSA) is 127 Å². The average Bonchev–Trinajstić information content (AvgIpc) is 3.13. The van der Waals surface area contributed by atoms with E-state index in [9.17, 15) is 24.8 Å². The predicted molar refractivity (Wildman–Crippen MR) is 133 cm³/mol. The minimum atomic E-state index is -0.995. The number of amides is 1. The Labute approximate surface area is 214 Å². The molecule has 1 saturated heterocycles. The molecule has 1 fully saturated rings. The van der Waals surface area contributed by atoms with Gasteiger partial charge in [0.15, 0.2) is 12.4 Å². The summed E-state index contributed by atoms with van der Waals surface area (Å²) in [6, 6.07) is 13.0. The zero-order valence-corrected chi connectivity index (χ0v) is 20.8. The van der Waals surface area contributed by atoms with Crippen molar-refractivity contribution in [3.05, 3.63) is 105 Å². The highest BCUT2D eigenvalue weighted by Crippen LogP contribution is 2.40. The first-order valence-corrected chi connectivity index (χ1v) is 11.9. The molecular formula is C28H27N3O6. The Morgan fingerprint density at radius 3 is 2.46 bits per heavy atom. The first-order chi connectivity index (χ1) is 17.7. The number of carbonyl (C=O) groups excluding carboxylic acids is 2. The van der Waals surface area contributed by atoms with Crippen molar-refractivity contribution >= 4 is 23.1 Å². The Bertz CT molecular complexity index is 1370. The predicted octanol–water partition coefficient (Wildman–Crippen LogP) is 3.18. The number of likely N-dealkylation sites (tertiary alicyclic amines) is 1. The molecule has 9 heteroatoms. The van der Waals surface area contributed by atoms with E-state index in [0.717, 1.165) is 11.1 Å². The van der Waals surface area contributed by atoms with Gasteiger partial charge < -0.3 is 14.7 Å². The molecule has 1 aliphatic rings. The number of benzene rings is 2. The maximum atomic E-state index is 13.7. The van der Waals surface area contributed by atoms with Crippen LogP contribution < -0.4 is 14.8 Å². The molecule has 190 valence electrons. The monoisotopic (exact) mass is 501 g/mol. The van der Waals surface area contributed by atoms with Crippen LogP contribution in [0.5, 0.6) is 5.75 Å². The summed E-state index contributed by atoms with van der Waals surface area (Å²) >= 11 is 0. The van der Waals surface area contributed by atoms with Crippen LogP contribution in [0.2, 0.25) is 0 Å². The molecule has 1 atom stereocenters. The van der Waals surface area contributed by atoms with E-state index in [-0.39, 0.29) is 23.4 Å². The molecule has 0 aliphatic carbocycles. The fourth-order valence-corrected chi connectivity index (χ4v) is 4.25. The highest BCUT2D eigenvalue weighted by atomic mass is 16.6. The van der Waals surface area contributed by atoms with Gasteiger partial charge in [-0.15, -0.1) is 0 Å². The van der Waals surface area contributed by atoms with Crippen molar-refractivity contribution in [3.8, 4) is 5.75 Å². The standard InChI is InChI=1S/C28H27N3O6/c1-17(2)16-37-23-11-8-21(13-18(23)3)26(32)24-25(20-6-9-22(10-7-20)31(35)36)30(28(34)27(24)33)15-19-5-4-12-29-14-19/h4-14,17,25,32H,15-16H2,1-3H3. The molecular weight excluding hydrogens is 474 g/mol. The van der Waals surface area contributed by atoms with Gasteiger partial charge in [-0.3, -0.25) is 19.7 Å². The number of pyridine rings is 1. The number of carbonyl (C=O) groups is 2. The fraction of sp³-hybridized carbons (Fsp3) is 0.250. The molecule has 1 amide bonds. The molecule has 0 bridgehead atoms. The molecule has 2 aromatic carbocycles. The van der Waals surface area contributed by atoms with Gasteiger partial charge in [0.1, 0.15) is 5.75 Å². The Balaban J connectivity index is 1.80. The van der Waals surface area contributed by atoms with Gasteiger partial charge in [-0.05, 0) is 59.9 Å². The van der Waals surface area contributed by atoms with E-state index >= 15 is 0 Å². The van der Waals surface area contributed by atoms with Gasteiger partial charge >= 0.3 is 0 Å². The summed E-state index contributed by atoms with van der Waals surface area (Å²) in [7, 11) is 0. The van der Waals surface area contributed by atoms with E-state index < -0.39 is 28.4 Å². The summed E-state index contributed by atoms with van der Waals surface area (Å²) in [6.45, 7) is 6.47. The zero-order chi connectivity index (χ0) is 26.7. The van der Waals surface area contributed by atoms with Crippen molar-refractivity contribution in [3.63, 3.8) is 0 Å². The number of aromatic amines is 1. The minimum absolute atomic E-state index is 0.0708. The van der Waals surface area contributed by atoms with E-state index in [4.69, 9.17) is 4.74 Å². The molecule has 1 unspecified atom stereocenters. The summed E-state index contributed by atoms with van der Waals surface area (Å²) in [5, 5.41) is 24.9. The summed E-state index contributed by atoms with van der Waals surface area (Å²) in [5.41, 5.74) is 1.83. The second kappa shape index (κ2) is 10.6. The summed E-state index contributed by atoms with van der Waals surface area (Å²) < 4.78 is 5.80. The SMILES string of the molecule is Cc1cc(C([O-])=C2C(=O)C(=O)N(Cc3ccc[nH+]c3)C2c2ccc([N+](=O)[O-])cc2)ccc1OCC(C)C. The van der Waals surface area contributed by atoms with E-state index in [0.29, 0.717) is 23.8 Å². The van der Waals surface area contributed by atoms with Crippen LogP contribution in [0.1, 0.15) is 42.1 Å². The van der Waals surface area contributed by atoms with Crippen LogP contribution in [0.15, 0.2) is 72.6 Å². The number of aromatic nitrogens is 1. The summed E-state index contributed by atoms with van der Waals surface area (Å²) in [6.07, 6.45) is 3.41. The van der Waals surface area contributed by atoms with Gasteiger partial charge in [0, 0.05) is 29.3 Å². The molecule has 0 spiro atoms. The van der Waals surface area contributed by atoms with Gasteiger partial charge in [-0.2, -0.15) is 0 Å². The number of H-pyrrole nitrogens is 1. The number of nitro benzene ring substituents is 1. The third kappa shape index (κ3) is 5.35. The van der Waals surface area contributed by atoms with Gasteiger partial charge in [-0.25, -0.2) is 4.98 Å². The number of Topliss-reactive ketones (excluding diaryl/α,β-unsaturated/α-hetero) is 1. The zero-order valence-electron chi connectivity index (χ0n) is 20.8. The van der Waals surface area contributed by atoms with Crippen LogP contribution >= 0.6 is 0 Å². The third-order valence-corrected chi connectivity index (χ3v) is 6.08. The number of rotatable bonds is 8. The Morgan fingerprint density at radius 1 is 1.14 bits per heavy atom. The minimum Gasteiger partial charge on any atom is -0.872 e. The van der Waals surface area contributed by atoms with Crippen LogP contribution in [0.4, 0.5) is 5.69 Å². The number of non-ortho nitro benzene ring substituents is 1. The average molecular weight is 502 g/mol. The molecule has 0 saturated carbocycles.